The number of aromatic amines is 1. The number of hydrogen-bond acceptors (Lipinski definition) is 8. The summed E-state index contributed by atoms with van der Waals surface area (Å²) in [4.78, 5) is 48.8. The number of esters is 1. The Bertz CT molecular complexity index is 1720. The molecule has 0 bridgehead atoms. The highest BCUT2D eigenvalue weighted by Gasteiger charge is 2.41. The molecule has 5 rings (SSSR count). The topological polar surface area (TPSA) is 150 Å². The Hall–Kier alpha value is -4.42. The minimum atomic E-state index is -4.71. The number of phosphoric acid groups is 1. The van der Waals surface area contributed by atoms with Gasteiger partial charge in [0, 0.05) is 18.1 Å². The molecule has 1 fully saturated rings. The monoisotopic (exact) mass is 598 g/mol. The Morgan fingerprint density at radius 1 is 1.10 bits per heavy atom. The van der Waals surface area contributed by atoms with Crippen molar-refractivity contribution >= 4 is 13.8 Å². The molecule has 12 nitrogen and oxygen atoms in total. The minimum absolute atomic E-state index is 0.0619. The molecular formula is C28H26FN3O9P+. The van der Waals surface area contributed by atoms with Crippen molar-refractivity contribution in [2.24, 2.45) is 0 Å². The molecule has 0 aliphatic carbocycles. The third-order valence-corrected chi connectivity index (χ3v) is 7.26. The van der Waals surface area contributed by atoms with Crippen molar-refractivity contribution in [2.45, 2.75) is 31.4 Å². The number of aromatic nitrogens is 3. The lowest BCUT2D eigenvalue weighted by atomic mass is 10.1. The van der Waals surface area contributed by atoms with Gasteiger partial charge >= 0.3 is 19.5 Å². The van der Waals surface area contributed by atoms with E-state index in [4.69, 9.17) is 18.5 Å². The van der Waals surface area contributed by atoms with Crippen LogP contribution in [0.15, 0.2) is 101 Å². The molecule has 0 radical (unpaired) electrons. The van der Waals surface area contributed by atoms with Crippen LogP contribution >= 0.6 is 7.82 Å². The molecule has 2 aromatic heterocycles. The number of hydrogen-bond donors (Lipinski definition) is 2. The highest BCUT2D eigenvalue weighted by atomic mass is 31.2. The summed E-state index contributed by atoms with van der Waals surface area (Å²) in [5, 5.41) is 0. The van der Waals surface area contributed by atoms with Crippen molar-refractivity contribution in [2.75, 3.05) is 6.61 Å². The van der Waals surface area contributed by atoms with Crippen LogP contribution in [0.1, 0.15) is 28.6 Å². The molecule has 218 valence electrons. The second-order valence-electron chi connectivity index (χ2n) is 9.37. The molecule has 42 heavy (non-hydrogen) atoms. The van der Waals surface area contributed by atoms with E-state index in [1.54, 1.807) is 35.0 Å². The Labute approximate surface area is 238 Å². The molecule has 2 aromatic carbocycles. The first-order valence-electron chi connectivity index (χ1n) is 12.8. The van der Waals surface area contributed by atoms with Gasteiger partial charge in [-0.15, -0.1) is 0 Å². The van der Waals surface area contributed by atoms with E-state index >= 15 is 0 Å². The van der Waals surface area contributed by atoms with Gasteiger partial charge in [-0.1, -0.05) is 48.5 Å². The molecule has 4 atom stereocenters. The zero-order valence-corrected chi connectivity index (χ0v) is 22.8. The molecule has 2 N–H and O–H groups in total. The quantitative estimate of drug-likeness (QED) is 0.160. The van der Waals surface area contributed by atoms with Crippen LogP contribution in [0, 0.1) is 5.82 Å². The fourth-order valence-corrected chi connectivity index (χ4v) is 5.13. The first kappa shape index (κ1) is 29.1. The van der Waals surface area contributed by atoms with Gasteiger partial charge in [-0.2, -0.15) is 8.96 Å². The minimum Gasteiger partial charge on any atom is -0.456 e. The van der Waals surface area contributed by atoms with E-state index in [2.05, 4.69) is 0 Å². The van der Waals surface area contributed by atoms with E-state index in [1.165, 1.54) is 24.4 Å². The maximum atomic E-state index is 13.9. The molecule has 0 saturated carbocycles. The van der Waals surface area contributed by atoms with Crippen LogP contribution in [0.4, 0.5) is 4.39 Å². The van der Waals surface area contributed by atoms with Crippen LogP contribution in [0.2, 0.25) is 0 Å². The molecule has 0 amide bonds. The van der Waals surface area contributed by atoms with Crippen molar-refractivity contribution in [3.63, 3.8) is 0 Å². The largest absolute Gasteiger partial charge is 0.527 e. The average Bonchev–Trinajstić information content (AvgIpc) is 3.37. The summed E-state index contributed by atoms with van der Waals surface area (Å²) in [6, 6.07) is 20.7. The molecule has 4 aromatic rings. The van der Waals surface area contributed by atoms with Gasteiger partial charge in [0.15, 0.2) is 18.5 Å². The Morgan fingerprint density at radius 3 is 2.55 bits per heavy atom. The average molecular weight is 599 g/mol. The van der Waals surface area contributed by atoms with Crippen molar-refractivity contribution in [1.82, 2.24) is 9.55 Å². The number of rotatable bonds is 10. The Balaban J connectivity index is 1.29. The number of H-pyrrole nitrogens is 1. The molecule has 1 aliphatic rings. The summed E-state index contributed by atoms with van der Waals surface area (Å²) in [6.45, 7) is -0.0977. The Morgan fingerprint density at radius 2 is 1.81 bits per heavy atom. The molecular weight excluding hydrogens is 572 g/mol. The van der Waals surface area contributed by atoms with Crippen LogP contribution in [-0.2, 0) is 25.1 Å². The summed E-state index contributed by atoms with van der Waals surface area (Å²) in [5.41, 5.74) is -0.916. The zero-order chi connectivity index (χ0) is 29.7. The number of nitrogens with zero attached hydrogens (tertiary/aromatic N) is 2. The number of halogens is 1. The van der Waals surface area contributed by atoms with Gasteiger partial charge in [0.2, 0.25) is 12.0 Å². The van der Waals surface area contributed by atoms with Gasteiger partial charge in [-0.05, 0) is 18.2 Å². The van der Waals surface area contributed by atoms with E-state index in [0.29, 0.717) is 12.7 Å². The lowest BCUT2D eigenvalue weighted by Crippen LogP contribution is -2.34. The van der Waals surface area contributed by atoms with Crippen molar-refractivity contribution in [1.29, 1.82) is 0 Å². The SMILES string of the molecule is O=C(O[C@H]1C[C@H](n2cc(F)c(=O)[nH]c2=O)O[C@@H]1COP(=O)(O)Oc1ccc[n+](Cc2ccccc2)c1)c1ccccc1. The lowest BCUT2D eigenvalue weighted by Gasteiger charge is -2.20. The third-order valence-electron chi connectivity index (χ3n) is 6.34. The van der Waals surface area contributed by atoms with E-state index in [1.807, 2.05) is 35.3 Å². The normalized spacial score (nSPS) is 19.6. The van der Waals surface area contributed by atoms with Gasteiger partial charge in [0.25, 0.3) is 5.56 Å². The first-order valence-corrected chi connectivity index (χ1v) is 14.3. The molecule has 3 heterocycles. The summed E-state index contributed by atoms with van der Waals surface area (Å²) >= 11 is 0. The summed E-state index contributed by atoms with van der Waals surface area (Å²) in [7, 11) is -4.71. The molecule has 0 spiro atoms. The van der Waals surface area contributed by atoms with Crippen LogP contribution < -0.4 is 20.3 Å². The number of carbonyl (C=O) groups excluding carboxylic acids is 1. The number of pyridine rings is 1. The third kappa shape index (κ3) is 7.25. The van der Waals surface area contributed by atoms with Gasteiger partial charge in [0.05, 0.1) is 18.4 Å². The summed E-state index contributed by atoms with van der Waals surface area (Å²) in [5.74, 6) is -1.88. The van der Waals surface area contributed by atoms with Gasteiger partial charge in [-0.3, -0.25) is 23.8 Å². The second-order valence-corrected chi connectivity index (χ2v) is 10.7. The van der Waals surface area contributed by atoms with Crippen molar-refractivity contribution in [3.05, 3.63) is 129 Å². The number of ether oxygens (including phenoxy) is 2. The molecule has 14 heteroatoms. The molecule has 1 unspecified atom stereocenters. The van der Waals surface area contributed by atoms with E-state index < -0.39 is 55.9 Å². The van der Waals surface area contributed by atoms with Crippen LogP contribution in [0.25, 0.3) is 0 Å². The number of carbonyl (C=O) groups is 1. The Kier molecular flexibility index (Phi) is 8.74. The van der Waals surface area contributed by atoms with Crippen LogP contribution in [0.5, 0.6) is 5.75 Å². The van der Waals surface area contributed by atoms with Gasteiger partial charge in [0.1, 0.15) is 18.4 Å². The standard InChI is InChI=1S/C28H25FN3O9P/c29-22-17-32(28(35)30-26(22)33)25-14-23(40-27(34)20-10-5-2-6-11-20)24(39-25)18-38-42(36,37)41-21-12-7-13-31(16-21)15-19-8-3-1-4-9-19/h1-13,16-17,23-25H,14-15,18H2,(H-,30,33,35,36,37)/p+1/t23-,24+,25+/m0/s1. The lowest BCUT2D eigenvalue weighted by molar-refractivity contribution is -0.688. The summed E-state index contributed by atoms with van der Waals surface area (Å²) < 4.78 is 51.1. The van der Waals surface area contributed by atoms with Crippen LogP contribution in [0.3, 0.4) is 0 Å². The molecule has 1 aliphatic heterocycles. The second kappa shape index (κ2) is 12.6. The first-order chi connectivity index (χ1) is 20.2. The van der Waals surface area contributed by atoms with Gasteiger partial charge < -0.3 is 14.0 Å². The predicted molar refractivity (Wildman–Crippen MR) is 144 cm³/mol. The number of benzene rings is 2. The predicted octanol–water partition coefficient (Wildman–Crippen LogP) is 2.72. The zero-order valence-electron chi connectivity index (χ0n) is 21.9. The maximum Gasteiger partial charge on any atom is 0.527 e. The van der Waals surface area contributed by atoms with Gasteiger partial charge in [-0.25, -0.2) is 14.2 Å². The number of phosphoric ester groups is 1. The fourth-order valence-electron chi connectivity index (χ4n) is 4.37. The van der Waals surface area contributed by atoms with E-state index in [9.17, 15) is 28.2 Å². The molecule has 1 saturated heterocycles. The van der Waals surface area contributed by atoms with Crippen molar-refractivity contribution < 1.29 is 41.7 Å². The smallest absolute Gasteiger partial charge is 0.456 e. The number of nitrogens with one attached hydrogen (secondary N) is 1. The fraction of sp³-hybridized carbons (Fsp3) is 0.214. The summed E-state index contributed by atoms with van der Waals surface area (Å²) in [6.07, 6.45) is 0.405. The maximum absolute atomic E-state index is 13.9. The highest BCUT2D eigenvalue weighted by Crippen LogP contribution is 2.44. The van der Waals surface area contributed by atoms with Crippen LogP contribution in [-0.4, -0.2) is 39.2 Å². The van der Waals surface area contributed by atoms with E-state index in [0.717, 1.165) is 10.1 Å². The van der Waals surface area contributed by atoms with E-state index in [-0.39, 0.29) is 17.7 Å². The van der Waals surface area contributed by atoms with Crippen molar-refractivity contribution in [3.8, 4) is 5.75 Å². The highest BCUT2D eigenvalue weighted by molar-refractivity contribution is 7.47.